The third kappa shape index (κ3) is 3.03. The maximum atomic E-state index is 4.59. The van der Waals surface area contributed by atoms with Crippen LogP contribution in [0.4, 0.5) is 0 Å². The third-order valence-electron chi connectivity index (χ3n) is 4.27. The zero-order chi connectivity index (χ0) is 12.9. The second kappa shape index (κ2) is 5.17. The van der Waals surface area contributed by atoms with Gasteiger partial charge in [-0.2, -0.15) is 10.2 Å². The van der Waals surface area contributed by atoms with Gasteiger partial charge in [-0.1, -0.05) is 13.8 Å². The highest BCUT2D eigenvalue weighted by atomic mass is 35.5. The van der Waals surface area contributed by atoms with Crippen molar-refractivity contribution in [3.63, 3.8) is 0 Å². The Labute approximate surface area is 122 Å². The lowest BCUT2D eigenvalue weighted by Crippen LogP contribution is -2.53. The van der Waals surface area contributed by atoms with E-state index in [4.69, 9.17) is 0 Å². The first-order valence-corrected chi connectivity index (χ1v) is 7.42. The Kier molecular flexibility index (Phi) is 4.08. The number of halogens is 1. The molecule has 0 aromatic carbocycles. The topological polar surface area (TPSA) is 36.8 Å². The molecule has 3 nitrogen and oxygen atoms in total. The van der Waals surface area contributed by atoms with Crippen LogP contribution in [0.5, 0.6) is 0 Å². The predicted molar refractivity (Wildman–Crippen MR) is 83.4 cm³/mol. The summed E-state index contributed by atoms with van der Waals surface area (Å²) in [7, 11) is 0. The Morgan fingerprint density at radius 2 is 1.74 bits per heavy atom. The van der Waals surface area contributed by atoms with Crippen molar-refractivity contribution in [1.29, 1.82) is 0 Å². The summed E-state index contributed by atoms with van der Waals surface area (Å²) in [5.74, 6) is 2.14. The molecule has 2 fully saturated rings. The minimum absolute atomic E-state index is 0. The summed E-state index contributed by atoms with van der Waals surface area (Å²) in [4.78, 5) is 0. The quantitative estimate of drug-likeness (QED) is 0.824. The highest BCUT2D eigenvalue weighted by molar-refractivity contribution is 6.15. The molecule has 4 heteroatoms. The van der Waals surface area contributed by atoms with Crippen LogP contribution in [0.2, 0.25) is 0 Å². The molecule has 3 rings (SSSR count). The molecule has 1 aliphatic heterocycles. The Bertz CT molecular complexity index is 404. The average molecular weight is 284 g/mol. The molecular weight excluding hydrogens is 258 g/mol. The number of hydrogen-bond acceptors (Lipinski definition) is 3. The summed E-state index contributed by atoms with van der Waals surface area (Å²) in [6.07, 6.45) is 5.41. The van der Waals surface area contributed by atoms with E-state index < -0.39 is 0 Å². The zero-order valence-electron chi connectivity index (χ0n) is 12.4. The van der Waals surface area contributed by atoms with Crippen molar-refractivity contribution in [3.05, 3.63) is 0 Å². The molecule has 3 aliphatic rings. The number of nitrogens with one attached hydrogen (secondary N) is 1. The van der Waals surface area contributed by atoms with Crippen molar-refractivity contribution in [1.82, 2.24) is 5.32 Å². The average Bonchev–Trinajstić information content (AvgIpc) is 3.15. The maximum absolute atomic E-state index is 4.59. The van der Waals surface area contributed by atoms with Crippen LogP contribution in [0.15, 0.2) is 10.2 Å². The van der Waals surface area contributed by atoms with E-state index in [0.717, 1.165) is 11.8 Å². The minimum Gasteiger partial charge on any atom is -0.305 e. The summed E-state index contributed by atoms with van der Waals surface area (Å²) in [5, 5.41) is 12.8. The van der Waals surface area contributed by atoms with Crippen LogP contribution >= 0.6 is 12.4 Å². The lowest BCUT2D eigenvalue weighted by atomic mass is 9.81. The molecule has 0 radical (unpaired) electrons. The van der Waals surface area contributed by atoms with Crippen molar-refractivity contribution in [2.75, 3.05) is 0 Å². The van der Waals surface area contributed by atoms with Gasteiger partial charge in [-0.05, 0) is 51.4 Å². The fraction of sp³-hybridized carbons (Fsp3) is 0.867. The van der Waals surface area contributed by atoms with Crippen molar-refractivity contribution >= 4 is 23.8 Å². The Balaban J connectivity index is 0.00000133. The van der Waals surface area contributed by atoms with E-state index in [0.29, 0.717) is 12.0 Å². The molecule has 0 aromatic rings. The smallest absolute Gasteiger partial charge is 0.0691 e. The Hall–Kier alpha value is -0.410. The van der Waals surface area contributed by atoms with Gasteiger partial charge < -0.3 is 5.32 Å². The Morgan fingerprint density at radius 3 is 2.21 bits per heavy atom. The molecule has 2 aliphatic carbocycles. The van der Waals surface area contributed by atoms with Crippen LogP contribution in [-0.4, -0.2) is 23.0 Å². The molecule has 1 atom stereocenters. The molecule has 0 aromatic heterocycles. The largest absolute Gasteiger partial charge is 0.305 e. The second-order valence-corrected chi connectivity index (χ2v) is 7.02. The molecule has 1 unspecified atom stereocenters. The van der Waals surface area contributed by atoms with E-state index in [9.17, 15) is 0 Å². The predicted octanol–water partition coefficient (Wildman–Crippen LogP) is 3.43. The first kappa shape index (κ1) is 15.0. The number of rotatable bonds is 5. The molecule has 1 heterocycles. The molecule has 0 saturated heterocycles. The van der Waals surface area contributed by atoms with E-state index >= 15 is 0 Å². The SMILES string of the molecule is CC(C)NC(C)(C)C1=NN=C(C2CC2)C1C1CC1.Cl. The summed E-state index contributed by atoms with van der Waals surface area (Å²) >= 11 is 0. The molecule has 2 saturated carbocycles. The minimum atomic E-state index is -0.0262. The van der Waals surface area contributed by atoms with Crippen LogP contribution in [-0.2, 0) is 0 Å². The molecule has 0 amide bonds. The van der Waals surface area contributed by atoms with Crippen molar-refractivity contribution in [3.8, 4) is 0 Å². The normalized spacial score (nSPS) is 27.1. The van der Waals surface area contributed by atoms with E-state index in [1.54, 1.807) is 0 Å². The zero-order valence-corrected chi connectivity index (χ0v) is 13.3. The highest BCUT2D eigenvalue weighted by Crippen LogP contribution is 2.47. The van der Waals surface area contributed by atoms with E-state index in [1.165, 1.54) is 37.1 Å². The number of hydrogen-bond donors (Lipinski definition) is 1. The van der Waals surface area contributed by atoms with Crippen LogP contribution < -0.4 is 5.32 Å². The van der Waals surface area contributed by atoms with E-state index in [-0.39, 0.29) is 17.9 Å². The summed E-state index contributed by atoms with van der Waals surface area (Å²) in [5.41, 5.74) is 2.67. The van der Waals surface area contributed by atoms with Gasteiger partial charge >= 0.3 is 0 Å². The summed E-state index contributed by atoms with van der Waals surface area (Å²) in [6, 6.07) is 0.479. The molecule has 108 valence electrons. The second-order valence-electron chi connectivity index (χ2n) is 7.02. The van der Waals surface area contributed by atoms with Crippen LogP contribution in [0.25, 0.3) is 0 Å². The van der Waals surface area contributed by atoms with Gasteiger partial charge in [0.15, 0.2) is 0 Å². The van der Waals surface area contributed by atoms with Gasteiger partial charge in [0.1, 0.15) is 0 Å². The fourth-order valence-corrected chi connectivity index (χ4v) is 3.29. The van der Waals surface area contributed by atoms with Crippen LogP contribution in [0.3, 0.4) is 0 Å². The van der Waals surface area contributed by atoms with E-state index in [1.807, 2.05) is 0 Å². The van der Waals surface area contributed by atoms with Gasteiger partial charge in [0, 0.05) is 12.0 Å². The maximum Gasteiger partial charge on any atom is 0.0691 e. The van der Waals surface area contributed by atoms with E-state index in [2.05, 4.69) is 43.2 Å². The first-order valence-electron chi connectivity index (χ1n) is 7.42. The standard InChI is InChI=1S/C15H25N3.ClH/c1-9(2)16-15(3,4)14-12(10-5-6-10)13(17-18-14)11-7-8-11;/h9-12,16H,5-8H2,1-4H3;1H. The summed E-state index contributed by atoms with van der Waals surface area (Å²) < 4.78 is 0. The van der Waals surface area contributed by atoms with Gasteiger partial charge in [0.05, 0.1) is 17.0 Å². The van der Waals surface area contributed by atoms with Gasteiger partial charge in [-0.25, -0.2) is 0 Å². The summed E-state index contributed by atoms with van der Waals surface area (Å²) in [6.45, 7) is 8.91. The fourth-order valence-electron chi connectivity index (χ4n) is 3.29. The van der Waals surface area contributed by atoms with Crippen LogP contribution in [0, 0.1) is 17.8 Å². The Morgan fingerprint density at radius 1 is 1.11 bits per heavy atom. The lowest BCUT2D eigenvalue weighted by molar-refractivity contribution is 0.439. The van der Waals surface area contributed by atoms with Gasteiger partial charge in [0.2, 0.25) is 0 Å². The monoisotopic (exact) mass is 283 g/mol. The molecule has 19 heavy (non-hydrogen) atoms. The van der Waals surface area contributed by atoms with Crippen molar-refractivity contribution in [2.24, 2.45) is 28.0 Å². The highest BCUT2D eigenvalue weighted by Gasteiger charge is 2.49. The van der Waals surface area contributed by atoms with Gasteiger partial charge in [0.25, 0.3) is 0 Å². The third-order valence-corrected chi connectivity index (χ3v) is 4.27. The van der Waals surface area contributed by atoms with Crippen molar-refractivity contribution in [2.45, 2.75) is 65.0 Å². The molecule has 0 bridgehead atoms. The number of nitrogens with zero attached hydrogens (tertiary/aromatic N) is 2. The van der Waals surface area contributed by atoms with Gasteiger partial charge in [-0.3, -0.25) is 0 Å². The molecule has 0 spiro atoms. The lowest BCUT2D eigenvalue weighted by Gasteiger charge is -2.32. The first-order chi connectivity index (χ1) is 8.49. The van der Waals surface area contributed by atoms with Crippen LogP contribution in [0.1, 0.15) is 53.4 Å². The van der Waals surface area contributed by atoms with Gasteiger partial charge in [-0.15, -0.1) is 12.4 Å². The molecule has 1 N–H and O–H groups in total. The van der Waals surface area contributed by atoms with Crippen molar-refractivity contribution < 1.29 is 0 Å². The molecular formula is C15H26ClN3.